The first-order chi connectivity index (χ1) is 7.63. The maximum absolute atomic E-state index is 12.4. The van der Waals surface area contributed by atoms with Crippen LogP contribution in [0.2, 0.25) is 0 Å². The molecule has 1 aromatic rings. The van der Waals surface area contributed by atoms with E-state index in [9.17, 15) is 4.79 Å². The molecule has 90 valence electrons. The molecule has 2 N–H and O–H groups in total. The zero-order valence-corrected chi connectivity index (χ0v) is 10.4. The molecule has 0 aliphatic rings. The SMILES string of the molecule is CCn1cc(C(=O)C(CC)(CC)CN)cn1. The van der Waals surface area contributed by atoms with E-state index in [-0.39, 0.29) is 5.78 Å². The molecule has 1 aromatic heterocycles. The van der Waals surface area contributed by atoms with Crippen molar-refractivity contribution in [3.8, 4) is 0 Å². The lowest BCUT2D eigenvalue weighted by atomic mass is 9.76. The molecule has 16 heavy (non-hydrogen) atoms. The van der Waals surface area contributed by atoms with Crippen LogP contribution in [0.4, 0.5) is 0 Å². The van der Waals surface area contributed by atoms with E-state index in [0.29, 0.717) is 12.1 Å². The summed E-state index contributed by atoms with van der Waals surface area (Å²) in [5, 5.41) is 4.13. The van der Waals surface area contributed by atoms with E-state index >= 15 is 0 Å². The monoisotopic (exact) mass is 223 g/mol. The molecule has 0 aromatic carbocycles. The van der Waals surface area contributed by atoms with Crippen molar-refractivity contribution in [3.63, 3.8) is 0 Å². The van der Waals surface area contributed by atoms with Crippen LogP contribution in [0.25, 0.3) is 0 Å². The fourth-order valence-corrected chi connectivity index (χ4v) is 1.91. The van der Waals surface area contributed by atoms with Gasteiger partial charge in [0.15, 0.2) is 5.78 Å². The van der Waals surface area contributed by atoms with E-state index in [4.69, 9.17) is 5.73 Å². The molecule has 0 fully saturated rings. The third-order valence-corrected chi connectivity index (χ3v) is 3.45. The second-order valence-corrected chi connectivity index (χ2v) is 4.11. The second kappa shape index (κ2) is 5.25. The number of carbonyl (C=O) groups is 1. The fraction of sp³-hybridized carbons (Fsp3) is 0.667. The van der Waals surface area contributed by atoms with Crippen molar-refractivity contribution in [2.24, 2.45) is 11.1 Å². The molecule has 0 aliphatic carbocycles. The number of carbonyl (C=O) groups excluding carboxylic acids is 1. The largest absolute Gasteiger partial charge is 0.329 e. The van der Waals surface area contributed by atoms with Gasteiger partial charge < -0.3 is 5.73 Å². The highest BCUT2D eigenvalue weighted by Gasteiger charge is 2.34. The molecule has 0 amide bonds. The molecule has 0 spiro atoms. The normalized spacial score (nSPS) is 11.8. The predicted molar refractivity (Wildman–Crippen MR) is 64.3 cm³/mol. The van der Waals surface area contributed by atoms with Crippen molar-refractivity contribution < 1.29 is 4.79 Å². The predicted octanol–water partition coefficient (Wildman–Crippen LogP) is 1.85. The van der Waals surface area contributed by atoms with Crippen LogP contribution < -0.4 is 5.73 Å². The molecule has 0 atom stereocenters. The second-order valence-electron chi connectivity index (χ2n) is 4.11. The maximum atomic E-state index is 12.4. The average molecular weight is 223 g/mol. The first-order valence-corrected chi connectivity index (χ1v) is 5.90. The van der Waals surface area contributed by atoms with Crippen LogP contribution >= 0.6 is 0 Å². The maximum Gasteiger partial charge on any atom is 0.173 e. The van der Waals surface area contributed by atoms with Crippen molar-refractivity contribution in [3.05, 3.63) is 18.0 Å². The molecule has 0 unspecified atom stereocenters. The molecule has 0 saturated heterocycles. The van der Waals surface area contributed by atoms with Crippen LogP contribution in [-0.4, -0.2) is 22.1 Å². The number of nitrogens with zero attached hydrogens (tertiary/aromatic N) is 2. The number of nitrogens with two attached hydrogens (primary N) is 1. The van der Waals surface area contributed by atoms with Gasteiger partial charge in [0, 0.05) is 24.7 Å². The summed E-state index contributed by atoms with van der Waals surface area (Å²) >= 11 is 0. The molecule has 0 bridgehead atoms. The van der Waals surface area contributed by atoms with Crippen LogP contribution in [0.1, 0.15) is 44.0 Å². The van der Waals surface area contributed by atoms with Gasteiger partial charge in [-0.15, -0.1) is 0 Å². The highest BCUT2D eigenvalue weighted by Crippen LogP contribution is 2.29. The summed E-state index contributed by atoms with van der Waals surface area (Å²) in [6.45, 7) is 7.20. The third-order valence-electron chi connectivity index (χ3n) is 3.45. The Labute approximate surface area is 96.8 Å². The molecule has 0 radical (unpaired) electrons. The Kier molecular flexibility index (Phi) is 4.24. The third kappa shape index (κ3) is 2.16. The van der Waals surface area contributed by atoms with Gasteiger partial charge in [-0.3, -0.25) is 9.48 Å². The lowest BCUT2D eigenvalue weighted by Gasteiger charge is -2.27. The van der Waals surface area contributed by atoms with Gasteiger partial charge in [-0.2, -0.15) is 5.10 Å². The standard InChI is InChI=1S/C12H21N3O/c1-4-12(5-2,9-13)11(16)10-7-14-15(6-3)8-10/h7-8H,4-6,9,13H2,1-3H3. The van der Waals surface area contributed by atoms with Gasteiger partial charge in [-0.25, -0.2) is 0 Å². The molecular weight excluding hydrogens is 202 g/mol. The number of rotatable bonds is 6. The first kappa shape index (κ1) is 12.9. The Hall–Kier alpha value is -1.16. The minimum absolute atomic E-state index is 0.125. The van der Waals surface area contributed by atoms with Gasteiger partial charge in [0.05, 0.1) is 11.8 Å². The molecule has 1 rings (SSSR count). The first-order valence-electron chi connectivity index (χ1n) is 5.90. The zero-order chi connectivity index (χ0) is 12.2. The van der Waals surface area contributed by atoms with Gasteiger partial charge in [0.25, 0.3) is 0 Å². The van der Waals surface area contributed by atoms with Crippen LogP contribution in [0.5, 0.6) is 0 Å². The van der Waals surface area contributed by atoms with E-state index in [0.717, 1.165) is 19.4 Å². The molecule has 1 heterocycles. The van der Waals surface area contributed by atoms with E-state index in [1.54, 1.807) is 17.1 Å². The minimum Gasteiger partial charge on any atom is -0.329 e. The Morgan fingerprint density at radius 1 is 1.44 bits per heavy atom. The van der Waals surface area contributed by atoms with Gasteiger partial charge in [-0.1, -0.05) is 13.8 Å². The number of aromatic nitrogens is 2. The van der Waals surface area contributed by atoms with Gasteiger partial charge >= 0.3 is 0 Å². The van der Waals surface area contributed by atoms with Crippen molar-refractivity contribution >= 4 is 5.78 Å². The molecule has 0 aliphatic heterocycles. The van der Waals surface area contributed by atoms with Crippen molar-refractivity contribution in [2.75, 3.05) is 6.54 Å². The highest BCUT2D eigenvalue weighted by molar-refractivity contribution is 6.00. The highest BCUT2D eigenvalue weighted by atomic mass is 16.1. The van der Waals surface area contributed by atoms with E-state index in [2.05, 4.69) is 5.10 Å². The van der Waals surface area contributed by atoms with Crippen LogP contribution in [-0.2, 0) is 6.54 Å². The number of hydrogen-bond acceptors (Lipinski definition) is 3. The topological polar surface area (TPSA) is 60.9 Å². The summed E-state index contributed by atoms with van der Waals surface area (Å²) in [5.74, 6) is 0.125. The van der Waals surface area contributed by atoms with Gasteiger partial charge in [0.1, 0.15) is 0 Å². The van der Waals surface area contributed by atoms with E-state index < -0.39 is 5.41 Å². The average Bonchev–Trinajstić information content (AvgIpc) is 2.80. The van der Waals surface area contributed by atoms with Crippen molar-refractivity contribution in [2.45, 2.75) is 40.2 Å². The lowest BCUT2D eigenvalue weighted by molar-refractivity contribution is 0.0787. The van der Waals surface area contributed by atoms with Crippen molar-refractivity contribution in [1.82, 2.24) is 9.78 Å². The van der Waals surface area contributed by atoms with Crippen molar-refractivity contribution in [1.29, 1.82) is 0 Å². The summed E-state index contributed by atoms with van der Waals surface area (Å²) in [7, 11) is 0. The summed E-state index contributed by atoms with van der Waals surface area (Å²) < 4.78 is 1.76. The molecular formula is C12H21N3O. The van der Waals surface area contributed by atoms with Gasteiger partial charge in [0.2, 0.25) is 0 Å². The number of Topliss-reactive ketones (excluding diaryl/α,β-unsaturated/α-hetero) is 1. The van der Waals surface area contributed by atoms with Crippen LogP contribution in [0.3, 0.4) is 0 Å². The molecule has 4 heteroatoms. The minimum atomic E-state index is -0.415. The number of aryl methyl sites for hydroxylation is 1. The quantitative estimate of drug-likeness (QED) is 0.749. The smallest absolute Gasteiger partial charge is 0.173 e. The zero-order valence-electron chi connectivity index (χ0n) is 10.4. The number of hydrogen-bond donors (Lipinski definition) is 1. The van der Waals surface area contributed by atoms with Gasteiger partial charge in [-0.05, 0) is 19.8 Å². The Morgan fingerprint density at radius 3 is 2.44 bits per heavy atom. The number of ketones is 1. The summed E-state index contributed by atoms with van der Waals surface area (Å²) in [6, 6.07) is 0. The van der Waals surface area contributed by atoms with Crippen LogP contribution in [0.15, 0.2) is 12.4 Å². The van der Waals surface area contributed by atoms with E-state index in [1.807, 2.05) is 20.8 Å². The fourth-order valence-electron chi connectivity index (χ4n) is 1.91. The summed E-state index contributed by atoms with van der Waals surface area (Å²) in [4.78, 5) is 12.4. The molecule has 0 saturated carbocycles. The molecule has 4 nitrogen and oxygen atoms in total. The van der Waals surface area contributed by atoms with Crippen LogP contribution in [0, 0.1) is 5.41 Å². The lowest BCUT2D eigenvalue weighted by Crippen LogP contribution is -2.37. The summed E-state index contributed by atoms with van der Waals surface area (Å²) in [5.41, 5.74) is 6.02. The Morgan fingerprint density at radius 2 is 2.06 bits per heavy atom. The summed E-state index contributed by atoms with van der Waals surface area (Å²) in [6.07, 6.45) is 4.99. The van der Waals surface area contributed by atoms with E-state index in [1.165, 1.54) is 0 Å². The Bertz CT molecular complexity index is 345. The Balaban J connectivity index is 2.99.